The quantitative estimate of drug-likeness (QED) is 0.119. The fraction of sp³-hybridized carbons (Fsp3) is 0.618. The number of hydrogen-bond acceptors (Lipinski definition) is 12. The first-order valence-corrected chi connectivity index (χ1v) is 16.0. The van der Waals surface area contributed by atoms with Crippen LogP contribution in [0.4, 0.5) is 20.3 Å². The number of nitrogens with one attached hydrogen (secondary N) is 1. The van der Waals surface area contributed by atoms with Gasteiger partial charge in [-0.2, -0.15) is 0 Å². The molecular formula is C34H53N5O10. The Balaban J connectivity index is 2.41. The zero-order valence-electron chi connectivity index (χ0n) is 30.8. The summed E-state index contributed by atoms with van der Waals surface area (Å²) in [5, 5.41) is 2.70. The molecule has 0 bridgehead atoms. The third kappa shape index (κ3) is 14.7. The molecule has 1 aromatic carbocycles. The number of anilines is 1. The van der Waals surface area contributed by atoms with E-state index >= 15 is 0 Å². The molecule has 0 fully saturated rings. The van der Waals surface area contributed by atoms with E-state index in [1.807, 2.05) is 0 Å². The second-order valence-corrected chi connectivity index (χ2v) is 15.2. The van der Waals surface area contributed by atoms with Crippen molar-refractivity contribution in [2.75, 3.05) is 18.1 Å². The van der Waals surface area contributed by atoms with Crippen molar-refractivity contribution in [1.29, 1.82) is 0 Å². The lowest BCUT2D eigenvalue weighted by Crippen LogP contribution is -2.45. The summed E-state index contributed by atoms with van der Waals surface area (Å²) in [5.41, 5.74) is -2.21. The molecule has 3 N–H and O–H groups in total. The number of alkyl carbamates (subject to hydrolysis) is 1. The molecule has 0 aliphatic carbocycles. The maximum atomic E-state index is 13.5. The Morgan fingerprint density at radius 1 is 0.796 bits per heavy atom. The van der Waals surface area contributed by atoms with E-state index in [0.29, 0.717) is 23.4 Å². The van der Waals surface area contributed by atoms with Gasteiger partial charge in [-0.15, -0.1) is 4.90 Å². The summed E-state index contributed by atoms with van der Waals surface area (Å²) in [6, 6.07) is 6.74. The fourth-order valence-electron chi connectivity index (χ4n) is 3.92. The van der Waals surface area contributed by atoms with Crippen molar-refractivity contribution in [3.63, 3.8) is 0 Å². The Morgan fingerprint density at radius 2 is 1.31 bits per heavy atom. The molecule has 2 aromatic rings. The molecule has 49 heavy (non-hydrogen) atoms. The number of nitrogens with two attached hydrogens (primary N) is 1. The topological polar surface area (TPSA) is 183 Å². The second kappa shape index (κ2) is 16.4. The summed E-state index contributed by atoms with van der Waals surface area (Å²) in [7, 11) is 0. The zero-order valence-corrected chi connectivity index (χ0v) is 30.8. The van der Waals surface area contributed by atoms with Crippen LogP contribution in [-0.2, 0) is 35.1 Å². The lowest BCUT2D eigenvalue weighted by Gasteiger charge is -2.28. The molecular weight excluding hydrogens is 638 g/mol. The molecule has 1 heterocycles. The van der Waals surface area contributed by atoms with Crippen LogP contribution in [0.15, 0.2) is 30.5 Å². The molecule has 0 saturated carbocycles. The number of rotatable bonds is 11. The minimum Gasteiger partial charge on any atom is -0.490 e. The normalized spacial score (nSPS) is 12.8. The van der Waals surface area contributed by atoms with Gasteiger partial charge in [-0.1, -0.05) is 0 Å². The number of esters is 1. The molecule has 274 valence electrons. The molecule has 3 amide bonds. The predicted octanol–water partition coefficient (Wildman–Crippen LogP) is 6.12. The van der Waals surface area contributed by atoms with Crippen LogP contribution >= 0.6 is 0 Å². The number of hydrogen-bond donors (Lipinski definition) is 2. The van der Waals surface area contributed by atoms with Crippen molar-refractivity contribution in [1.82, 2.24) is 14.9 Å². The van der Waals surface area contributed by atoms with Gasteiger partial charge in [0, 0.05) is 24.8 Å². The predicted molar refractivity (Wildman–Crippen MR) is 182 cm³/mol. The van der Waals surface area contributed by atoms with Crippen LogP contribution in [0.3, 0.4) is 0 Å². The van der Waals surface area contributed by atoms with Crippen LogP contribution in [0.25, 0.3) is 11.3 Å². The average Bonchev–Trinajstić information content (AvgIpc) is 3.31. The van der Waals surface area contributed by atoms with Crippen molar-refractivity contribution in [2.24, 2.45) is 5.90 Å². The van der Waals surface area contributed by atoms with Gasteiger partial charge in [0.25, 0.3) is 0 Å². The van der Waals surface area contributed by atoms with Crippen LogP contribution in [0, 0.1) is 0 Å². The first kappa shape index (κ1) is 40.8. The number of aromatic nitrogens is 2. The largest absolute Gasteiger partial charge is 0.490 e. The highest BCUT2D eigenvalue weighted by Crippen LogP contribution is 2.28. The second-order valence-electron chi connectivity index (χ2n) is 15.2. The molecule has 0 saturated heterocycles. The van der Waals surface area contributed by atoms with E-state index in [9.17, 15) is 19.2 Å². The van der Waals surface area contributed by atoms with Crippen molar-refractivity contribution < 1.29 is 47.7 Å². The molecule has 15 nitrogen and oxygen atoms in total. The standard InChI is InChI=1S/C34H53N5O10/c1-31(2,3)45-26(40)25(49-35)21-44-23-16-14-22(15-17-23)24-20-38(19-13-18-36-28(41)46-32(4,5)6)27(37-24)39(29(42)47-33(7,8)9)30(43)48-34(10,11)12/h14-17,20,25H,13,18-19,21,35H2,1-12H3,(H,36,41). The first-order chi connectivity index (χ1) is 22.4. The minimum absolute atomic E-state index is 0.0450. The zero-order chi connectivity index (χ0) is 37.4. The number of imidazole rings is 1. The fourth-order valence-corrected chi connectivity index (χ4v) is 3.92. The van der Waals surface area contributed by atoms with Gasteiger partial charge in [-0.3, -0.25) is 4.84 Å². The van der Waals surface area contributed by atoms with E-state index in [0.717, 1.165) is 4.90 Å². The van der Waals surface area contributed by atoms with Gasteiger partial charge in [0.2, 0.25) is 12.1 Å². The number of aryl methyl sites for hydroxylation is 1. The van der Waals surface area contributed by atoms with E-state index in [4.69, 9.17) is 34.4 Å². The summed E-state index contributed by atoms with van der Waals surface area (Å²) in [5.74, 6) is 5.00. The number of benzene rings is 1. The lowest BCUT2D eigenvalue weighted by atomic mass is 10.1. The number of imide groups is 1. The van der Waals surface area contributed by atoms with Gasteiger partial charge in [0.15, 0.2) is 0 Å². The smallest absolute Gasteiger partial charge is 0.427 e. The Morgan fingerprint density at radius 3 is 1.78 bits per heavy atom. The van der Waals surface area contributed by atoms with E-state index < -0.39 is 52.8 Å². The highest BCUT2D eigenvalue weighted by molar-refractivity contribution is 6.08. The van der Waals surface area contributed by atoms with Gasteiger partial charge in [0.05, 0.1) is 5.69 Å². The molecule has 0 spiro atoms. The third-order valence-electron chi connectivity index (χ3n) is 5.74. The number of amides is 3. The van der Waals surface area contributed by atoms with Gasteiger partial charge in [0.1, 0.15) is 34.8 Å². The molecule has 1 unspecified atom stereocenters. The van der Waals surface area contributed by atoms with E-state index in [-0.39, 0.29) is 25.6 Å². The first-order valence-electron chi connectivity index (χ1n) is 16.0. The molecule has 0 aliphatic rings. The van der Waals surface area contributed by atoms with E-state index in [1.54, 1.807) is 118 Å². The van der Waals surface area contributed by atoms with Gasteiger partial charge in [-0.05, 0) is 114 Å². The minimum atomic E-state index is -1.14. The van der Waals surface area contributed by atoms with E-state index in [2.05, 4.69) is 10.3 Å². The van der Waals surface area contributed by atoms with Crippen LogP contribution in [0.5, 0.6) is 5.75 Å². The van der Waals surface area contributed by atoms with Gasteiger partial charge in [-0.25, -0.2) is 30.1 Å². The summed E-state index contributed by atoms with van der Waals surface area (Å²) in [6.07, 6.45) is -1.60. The maximum Gasteiger partial charge on any atom is 0.427 e. The third-order valence-corrected chi connectivity index (χ3v) is 5.74. The Bertz CT molecular complexity index is 1400. The Hall–Kier alpha value is -4.37. The summed E-state index contributed by atoms with van der Waals surface area (Å²) in [4.78, 5) is 61.6. The monoisotopic (exact) mass is 691 g/mol. The number of ether oxygens (including phenoxy) is 5. The number of carbonyl (C=O) groups is 4. The van der Waals surface area contributed by atoms with Crippen molar-refractivity contribution in [3.05, 3.63) is 30.5 Å². The molecule has 2 rings (SSSR count). The van der Waals surface area contributed by atoms with Crippen molar-refractivity contribution >= 4 is 30.2 Å². The van der Waals surface area contributed by atoms with Crippen LogP contribution in [0.1, 0.15) is 89.5 Å². The highest BCUT2D eigenvalue weighted by Gasteiger charge is 2.36. The van der Waals surface area contributed by atoms with Gasteiger partial charge < -0.3 is 33.6 Å². The van der Waals surface area contributed by atoms with Crippen molar-refractivity contribution in [3.8, 4) is 17.0 Å². The lowest BCUT2D eigenvalue weighted by molar-refractivity contribution is -0.170. The maximum absolute atomic E-state index is 13.5. The van der Waals surface area contributed by atoms with Crippen LogP contribution in [0.2, 0.25) is 0 Å². The van der Waals surface area contributed by atoms with Crippen molar-refractivity contribution in [2.45, 2.75) is 125 Å². The molecule has 0 aliphatic heterocycles. The van der Waals surface area contributed by atoms with Crippen LogP contribution < -0.4 is 20.9 Å². The highest BCUT2D eigenvalue weighted by atomic mass is 16.7. The SMILES string of the molecule is CC(C)(C)OC(=O)NCCCn1cc(-c2ccc(OCC(ON)C(=O)OC(C)(C)C)cc2)nc1N(C(=O)OC(C)(C)C)C(=O)OC(C)(C)C. The summed E-state index contributed by atoms with van der Waals surface area (Å²) in [6.45, 7) is 20.8. The summed E-state index contributed by atoms with van der Waals surface area (Å²) < 4.78 is 29.1. The molecule has 15 heteroatoms. The molecule has 1 aromatic heterocycles. The summed E-state index contributed by atoms with van der Waals surface area (Å²) >= 11 is 0. The molecule has 1 atom stereocenters. The van der Waals surface area contributed by atoms with Crippen LogP contribution in [-0.4, -0.2) is 75.5 Å². The Kier molecular flexibility index (Phi) is 13.6. The number of carbonyl (C=O) groups excluding carboxylic acids is 4. The average molecular weight is 692 g/mol. The molecule has 0 radical (unpaired) electrons. The van der Waals surface area contributed by atoms with E-state index in [1.165, 1.54) is 0 Å². The van der Waals surface area contributed by atoms with Gasteiger partial charge >= 0.3 is 24.2 Å². The Labute approximate surface area is 288 Å². The number of nitrogens with zero attached hydrogens (tertiary/aromatic N) is 3.